The number of hydrogen-bond acceptors (Lipinski definition) is 3. The number of pyridine rings is 1. The Kier molecular flexibility index (Phi) is 8.27. The van der Waals surface area contributed by atoms with Gasteiger partial charge in [-0.1, -0.05) is 50.2 Å². The van der Waals surface area contributed by atoms with Gasteiger partial charge in [0, 0.05) is 36.4 Å². The second kappa shape index (κ2) is 10.7. The molecule has 0 fully saturated rings. The summed E-state index contributed by atoms with van der Waals surface area (Å²) in [7, 11) is 0. The minimum absolute atomic E-state index is 0.0669. The van der Waals surface area contributed by atoms with Crippen LogP contribution in [0.2, 0.25) is 0 Å². The van der Waals surface area contributed by atoms with E-state index in [4.69, 9.17) is 5.73 Å². The van der Waals surface area contributed by atoms with E-state index in [1.165, 1.54) is 5.56 Å². The first-order valence-corrected chi connectivity index (χ1v) is 9.85. The molecule has 146 valence electrons. The number of guanidine groups is 1. The normalized spacial score (nSPS) is 13.4. The van der Waals surface area contributed by atoms with E-state index in [9.17, 15) is 0 Å². The molecular formula is C22H33N5. The van der Waals surface area contributed by atoms with Crippen molar-refractivity contribution in [3.05, 3.63) is 66.0 Å². The van der Waals surface area contributed by atoms with Crippen molar-refractivity contribution in [1.82, 2.24) is 15.6 Å². The number of nitrogens with two attached hydrogens (primary N) is 1. The molecule has 2 rings (SSSR count). The fourth-order valence-electron chi connectivity index (χ4n) is 3.16. The van der Waals surface area contributed by atoms with Crippen LogP contribution in [0.3, 0.4) is 0 Å². The highest BCUT2D eigenvalue weighted by Gasteiger charge is 2.27. The van der Waals surface area contributed by atoms with E-state index in [2.05, 4.69) is 65.6 Å². The van der Waals surface area contributed by atoms with Crippen LogP contribution in [0.4, 0.5) is 0 Å². The SMILES string of the molecule is CCC(CC)(CN=C(N)NCCc1ccccn1)NC(C)c1ccccc1. The Morgan fingerprint density at radius 1 is 1.11 bits per heavy atom. The van der Waals surface area contributed by atoms with E-state index in [1.54, 1.807) is 0 Å². The second-order valence-corrected chi connectivity index (χ2v) is 6.96. The Morgan fingerprint density at radius 3 is 2.44 bits per heavy atom. The van der Waals surface area contributed by atoms with Crippen LogP contribution in [-0.4, -0.2) is 29.6 Å². The summed E-state index contributed by atoms with van der Waals surface area (Å²) in [6, 6.07) is 16.7. The molecule has 5 nitrogen and oxygen atoms in total. The van der Waals surface area contributed by atoms with Gasteiger partial charge in [-0.15, -0.1) is 0 Å². The van der Waals surface area contributed by atoms with Crippen LogP contribution < -0.4 is 16.4 Å². The third kappa shape index (κ3) is 6.68. The number of aromatic nitrogens is 1. The van der Waals surface area contributed by atoms with Crippen molar-refractivity contribution in [2.45, 2.75) is 51.6 Å². The maximum Gasteiger partial charge on any atom is 0.188 e. The zero-order chi connectivity index (χ0) is 19.5. The van der Waals surface area contributed by atoms with Crippen LogP contribution in [0.25, 0.3) is 0 Å². The quantitative estimate of drug-likeness (QED) is 0.444. The Bertz CT molecular complexity index is 680. The minimum Gasteiger partial charge on any atom is -0.370 e. The first kappa shape index (κ1) is 20.9. The molecule has 1 aromatic carbocycles. The van der Waals surface area contributed by atoms with Gasteiger partial charge in [-0.3, -0.25) is 9.98 Å². The van der Waals surface area contributed by atoms with Crippen molar-refractivity contribution in [2.75, 3.05) is 13.1 Å². The molecule has 0 aliphatic heterocycles. The van der Waals surface area contributed by atoms with E-state index in [0.29, 0.717) is 12.5 Å². The van der Waals surface area contributed by atoms with Gasteiger partial charge in [0.25, 0.3) is 0 Å². The first-order valence-electron chi connectivity index (χ1n) is 9.85. The molecule has 0 bridgehead atoms. The van der Waals surface area contributed by atoms with Crippen LogP contribution >= 0.6 is 0 Å². The highest BCUT2D eigenvalue weighted by molar-refractivity contribution is 5.77. The van der Waals surface area contributed by atoms with Gasteiger partial charge in [0.05, 0.1) is 6.54 Å². The van der Waals surface area contributed by atoms with Gasteiger partial charge in [-0.05, 0) is 37.5 Å². The Balaban J connectivity index is 1.90. The molecule has 1 unspecified atom stereocenters. The monoisotopic (exact) mass is 367 g/mol. The molecule has 5 heteroatoms. The summed E-state index contributed by atoms with van der Waals surface area (Å²) in [6.45, 7) is 7.99. The lowest BCUT2D eigenvalue weighted by molar-refractivity contribution is 0.281. The summed E-state index contributed by atoms with van der Waals surface area (Å²) in [5.41, 5.74) is 8.36. The highest BCUT2D eigenvalue weighted by atomic mass is 15.1. The molecule has 0 saturated carbocycles. The predicted molar refractivity (Wildman–Crippen MR) is 114 cm³/mol. The zero-order valence-electron chi connectivity index (χ0n) is 16.8. The second-order valence-electron chi connectivity index (χ2n) is 6.96. The maximum absolute atomic E-state index is 6.09. The average Bonchev–Trinajstić information content (AvgIpc) is 2.72. The van der Waals surface area contributed by atoms with Crippen molar-refractivity contribution >= 4 is 5.96 Å². The molecule has 2 aromatic rings. The van der Waals surface area contributed by atoms with E-state index in [1.807, 2.05) is 30.5 Å². The van der Waals surface area contributed by atoms with Crippen LogP contribution in [0.5, 0.6) is 0 Å². The van der Waals surface area contributed by atoms with Crippen molar-refractivity contribution in [1.29, 1.82) is 0 Å². The lowest BCUT2D eigenvalue weighted by Gasteiger charge is -2.35. The Morgan fingerprint density at radius 2 is 1.81 bits per heavy atom. The van der Waals surface area contributed by atoms with E-state index >= 15 is 0 Å². The molecule has 1 heterocycles. The fourth-order valence-corrected chi connectivity index (χ4v) is 3.16. The number of nitrogens with one attached hydrogen (secondary N) is 2. The fraction of sp³-hybridized carbons (Fsp3) is 0.455. The Labute approximate surface area is 163 Å². The molecule has 0 aliphatic rings. The zero-order valence-corrected chi connectivity index (χ0v) is 16.8. The van der Waals surface area contributed by atoms with E-state index in [-0.39, 0.29) is 11.6 Å². The summed E-state index contributed by atoms with van der Waals surface area (Å²) < 4.78 is 0. The molecule has 0 spiro atoms. The van der Waals surface area contributed by atoms with E-state index < -0.39 is 0 Å². The van der Waals surface area contributed by atoms with Gasteiger partial charge in [-0.2, -0.15) is 0 Å². The van der Waals surface area contributed by atoms with Crippen molar-refractivity contribution in [3.63, 3.8) is 0 Å². The third-order valence-electron chi connectivity index (χ3n) is 5.14. The smallest absolute Gasteiger partial charge is 0.188 e. The van der Waals surface area contributed by atoms with Crippen LogP contribution in [0, 0.1) is 0 Å². The summed E-state index contributed by atoms with van der Waals surface area (Å²) >= 11 is 0. The molecule has 0 radical (unpaired) electrons. The summed E-state index contributed by atoms with van der Waals surface area (Å²) in [5, 5.41) is 6.98. The maximum atomic E-state index is 6.09. The topological polar surface area (TPSA) is 75.3 Å². The van der Waals surface area contributed by atoms with Crippen LogP contribution in [0.1, 0.15) is 50.9 Å². The van der Waals surface area contributed by atoms with Crippen molar-refractivity contribution in [2.24, 2.45) is 10.7 Å². The number of hydrogen-bond donors (Lipinski definition) is 3. The molecule has 4 N–H and O–H groups in total. The minimum atomic E-state index is -0.0669. The van der Waals surface area contributed by atoms with Crippen molar-refractivity contribution in [3.8, 4) is 0 Å². The molecule has 27 heavy (non-hydrogen) atoms. The molecular weight excluding hydrogens is 334 g/mol. The van der Waals surface area contributed by atoms with Crippen molar-refractivity contribution < 1.29 is 0 Å². The largest absolute Gasteiger partial charge is 0.370 e. The predicted octanol–water partition coefficient (Wildman–Crippen LogP) is 3.44. The number of aliphatic imine (C=N–C) groups is 1. The van der Waals surface area contributed by atoms with Gasteiger partial charge < -0.3 is 16.4 Å². The molecule has 0 aliphatic carbocycles. The standard InChI is InChI=1S/C22H33N5/c1-4-22(5-2,27-18(3)19-11-7-6-8-12-19)17-26-21(23)25-16-14-20-13-9-10-15-24-20/h6-13,15,18,27H,4-5,14,16-17H2,1-3H3,(H3,23,25,26). The number of nitrogens with zero attached hydrogens (tertiary/aromatic N) is 2. The summed E-state index contributed by atoms with van der Waals surface area (Å²) in [6.07, 6.45) is 4.62. The van der Waals surface area contributed by atoms with Gasteiger partial charge in [0.15, 0.2) is 5.96 Å². The van der Waals surface area contributed by atoms with Crippen LogP contribution in [-0.2, 0) is 6.42 Å². The van der Waals surface area contributed by atoms with Gasteiger partial charge in [0.2, 0.25) is 0 Å². The van der Waals surface area contributed by atoms with Gasteiger partial charge in [0.1, 0.15) is 0 Å². The lowest BCUT2D eigenvalue weighted by atomic mass is 9.91. The number of benzene rings is 1. The van der Waals surface area contributed by atoms with Crippen LogP contribution in [0.15, 0.2) is 59.7 Å². The molecule has 1 aromatic heterocycles. The molecule has 0 amide bonds. The summed E-state index contributed by atoms with van der Waals surface area (Å²) in [4.78, 5) is 8.93. The van der Waals surface area contributed by atoms with Gasteiger partial charge >= 0.3 is 0 Å². The average molecular weight is 368 g/mol. The van der Waals surface area contributed by atoms with Gasteiger partial charge in [-0.25, -0.2) is 0 Å². The molecule has 0 saturated heterocycles. The molecule has 1 atom stereocenters. The van der Waals surface area contributed by atoms with E-state index in [0.717, 1.165) is 31.5 Å². The Hall–Kier alpha value is -2.40. The number of rotatable bonds is 10. The highest BCUT2D eigenvalue weighted by Crippen LogP contribution is 2.22. The third-order valence-corrected chi connectivity index (χ3v) is 5.14. The lowest BCUT2D eigenvalue weighted by Crippen LogP contribution is -2.49. The first-order chi connectivity index (χ1) is 13.1. The summed E-state index contributed by atoms with van der Waals surface area (Å²) in [5.74, 6) is 0.492.